The average Bonchev–Trinajstić information content (AvgIpc) is 3.34. The Bertz CT molecular complexity index is 901. The molecule has 1 aliphatic heterocycles. The second-order valence-electron chi connectivity index (χ2n) is 5.90. The van der Waals surface area contributed by atoms with Crippen molar-refractivity contribution in [2.75, 3.05) is 11.9 Å². The molecule has 1 aliphatic rings. The van der Waals surface area contributed by atoms with Crippen molar-refractivity contribution in [2.24, 2.45) is 0 Å². The Labute approximate surface area is 148 Å². The molecule has 0 spiro atoms. The third-order valence-electron chi connectivity index (χ3n) is 4.28. The van der Waals surface area contributed by atoms with Gasteiger partial charge in [0, 0.05) is 24.2 Å². The van der Waals surface area contributed by atoms with Crippen LogP contribution in [0.2, 0.25) is 0 Å². The van der Waals surface area contributed by atoms with Crippen LogP contribution < -0.4 is 5.32 Å². The number of thiophene rings is 1. The van der Waals surface area contributed by atoms with Crippen LogP contribution in [0, 0.1) is 0 Å². The zero-order chi connectivity index (χ0) is 17.2. The van der Waals surface area contributed by atoms with Gasteiger partial charge in [0.25, 0.3) is 11.8 Å². The maximum atomic E-state index is 12.5. The molecule has 2 amide bonds. The van der Waals surface area contributed by atoms with Crippen LogP contribution in [0.25, 0.3) is 0 Å². The van der Waals surface area contributed by atoms with Crippen molar-refractivity contribution in [1.29, 1.82) is 0 Å². The number of amides is 2. The summed E-state index contributed by atoms with van der Waals surface area (Å²) in [4.78, 5) is 26.4. The molecule has 1 N–H and O–H groups in total. The monoisotopic (exact) mass is 352 g/mol. The van der Waals surface area contributed by atoms with Crippen LogP contribution in [-0.2, 0) is 13.0 Å². The fraction of sp³-hybridized carbons (Fsp3) is 0.158. The lowest BCUT2D eigenvalue weighted by Crippen LogP contribution is -2.35. The van der Waals surface area contributed by atoms with E-state index < -0.39 is 0 Å². The molecule has 0 radical (unpaired) electrons. The summed E-state index contributed by atoms with van der Waals surface area (Å²) in [6, 6.07) is 11.1. The first-order valence-corrected chi connectivity index (χ1v) is 8.93. The summed E-state index contributed by atoms with van der Waals surface area (Å²) in [7, 11) is 0. The largest absolute Gasteiger partial charge is 0.459 e. The molecule has 1 aromatic carbocycles. The van der Waals surface area contributed by atoms with E-state index in [0.29, 0.717) is 24.4 Å². The first kappa shape index (κ1) is 15.7. The van der Waals surface area contributed by atoms with Gasteiger partial charge in [0.15, 0.2) is 5.76 Å². The van der Waals surface area contributed by atoms with E-state index in [2.05, 4.69) is 5.32 Å². The quantitative estimate of drug-likeness (QED) is 0.780. The Balaban J connectivity index is 1.51. The van der Waals surface area contributed by atoms with Gasteiger partial charge in [-0.2, -0.15) is 11.3 Å². The fourth-order valence-electron chi connectivity index (χ4n) is 2.96. The molecule has 2 aromatic heterocycles. The van der Waals surface area contributed by atoms with Crippen LogP contribution in [0.5, 0.6) is 0 Å². The van der Waals surface area contributed by atoms with Crippen molar-refractivity contribution in [3.8, 4) is 0 Å². The molecule has 3 heterocycles. The molecule has 5 nitrogen and oxygen atoms in total. The van der Waals surface area contributed by atoms with Crippen LogP contribution in [0.4, 0.5) is 5.69 Å². The number of fused-ring (bicyclic) bond motifs is 1. The zero-order valence-corrected chi connectivity index (χ0v) is 14.2. The Morgan fingerprint density at radius 1 is 1.16 bits per heavy atom. The summed E-state index contributed by atoms with van der Waals surface area (Å²) in [5.41, 5.74) is 3.64. The molecule has 4 rings (SSSR count). The number of furan rings is 1. The van der Waals surface area contributed by atoms with E-state index in [-0.39, 0.29) is 11.8 Å². The number of anilines is 1. The first-order valence-electron chi connectivity index (χ1n) is 7.99. The molecule has 0 atom stereocenters. The number of hydrogen-bond donors (Lipinski definition) is 1. The predicted molar refractivity (Wildman–Crippen MR) is 95.9 cm³/mol. The molecule has 0 saturated carbocycles. The molecule has 6 heteroatoms. The molecule has 0 fully saturated rings. The van der Waals surface area contributed by atoms with E-state index in [0.717, 1.165) is 17.7 Å². The summed E-state index contributed by atoms with van der Waals surface area (Å²) in [6.07, 6.45) is 2.30. The van der Waals surface area contributed by atoms with Gasteiger partial charge >= 0.3 is 0 Å². The standard InChI is InChI=1S/C19H16N2O3S/c22-18(14-6-9-25-12-14)20-16-4-3-13-5-7-21(11-15(13)10-16)19(23)17-2-1-8-24-17/h1-4,6,8-10,12H,5,7,11H2,(H,20,22). The van der Waals surface area contributed by atoms with Crippen LogP contribution in [0.1, 0.15) is 32.0 Å². The lowest BCUT2D eigenvalue weighted by molar-refractivity contribution is 0.0702. The van der Waals surface area contributed by atoms with Gasteiger partial charge in [-0.25, -0.2) is 0 Å². The van der Waals surface area contributed by atoms with Gasteiger partial charge in [-0.05, 0) is 53.3 Å². The van der Waals surface area contributed by atoms with Crippen molar-refractivity contribution in [2.45, 2.75) is 13.0 Å². The molecular weight excluding hydrogens is 336 g/mol. The molecule has 126 valence electrons. The molecule has 25 heavy (non-hydrogen) atoms. The van der Waals surface area contributed by atoms with E-state index >= 15 is 0 Å². The number of hydrogen-bond acceptors (Lipinski definition) is 4. The lowest BCUT2D eigenvalue weighted by Gasteiger charge is -2.28. The molecule has 0 saturated heterocycles. The predicted octanol–water partition coefficient (Wildman–Crippen LogP) is 3.79. The number of carbonyl (C=O) groups is 2. The van der Waals surface area contributed by atoms with E-state index in [1.54, 1.807) is 23.1 Å². The van der Waals surface area contributed by atoms with Crippen LogP contribution >= 0.6 is 11.3 Å². The smallest absolute Gasteiger partial charge is 0.289 e. The highest BCUT2D eigenvalue weighted by molar-refractivity contribution is 7.08. The Morgan fingerprint density at radius 3 is 2.84 bits per heavy atom. The number of rotatable bonds is 3. The summed E-state index contributed by atoms with van der Waals surface area (Å²) >= 11 is 1.49. The highest BCUT2D eigenvalue weighted by Crippen LogP contribution is 2.24. The highest BCUT2D eigenvalue weighted by atomic mass is 32.1. The van der Waals surface area contributed by atoms with E-state index in [4.69, 9.17) is 4.42 Å². The highest BCUT2D eigenvalue weighted by Gasteiger charge is 2.23. The van der Waals surface area contributed by atoms with Crippen LogP contribution in [0.3, 0.4) is 0 Å². The molecule has 0 aliphatic carbocycles. The topological polar surface area (TPSA) is 62.6 Å². The Kier molecular flexibility index (Phi) is 4.11. The van der Waals surface area contributed by atoms with Gasteiger partial charge in [0.05, 0.1) is 11.8 Å². The second-order valence-corrected chi connectivity index (χ2v) is 6.68. The fourth-order valence-corrected chi connectivity index (χ4v) is 3.60. The summed E-state index contributed by atoms with van der Waals surface area (Å²) in [5.74, 6) is 0.120. The zero-order valence-electron chi connectivity index (χ0n) is 13.4. The van der Waals surface area contributed by atoms with Crippen LogP contribution in [-0.4, -0.2) is 23.3 Å². The van der Waals surface area contributed by atoms with E-state index in [9.17, 15) is 9.59 Å². The minimum atomic E-state index is -0.125. The lowest BCUT2D eigenvalue weighted by atomic mass is 9.98. The minimum Gasteiger partial charge on any atom is -0.459 e. The SMILES string of the molecule is O=C(Nc1ccc2c(c1)CN(C(=O)c1ccco1)CC2)c1ccsc1. The van der Waals surface area contributed by atoms with Crippen molar-refractivity contribution in [1.82, 2.24) is 4.90 Å². The minimum absolute atomic E-state index is 0.108. The summed E-state index contributed by atoms with van der Waals surface area (Å²) in [6.45, 7) is 1.17. The number of carbonyl (C=O) groups excluding carboxylic acids is 2. The maximum absolute atomic E-state index is 12.5. The third kappa shape index (κ3) is 3.21. The molecule has 3 aromatic rings. The average molecular weight is 352 g/mol. The number of benzene rings is 1. The second kappa shape index (κ2) is 6.57. The molecular formula is C19H16N2O3S. The van der Waals surface area contributed by atoms with Gasteiger partial charge < -0.3 is 14.6 Å². The van der Waals surface area contributed by atoms with Crippen LogP contribution in [0.15, 0.2) is 57.8 Å². The number of nitrogens with zero attached hydrogens (tertiary/aromatic N) is 1. The van der Waals surface area contributed by atoms with Crippen molar-refractivity contribution >= 4 is 28.8 Å². The van der Waals surface area contributed by atoms with Gasteiger partial charge in [-0.15, -0.1) is 0 Å². The summed E-state index contributed by atoms with van der Waals surface area (Å²) < 4.78 is 5.21. The van der Waals surface area contributed by atoms with Crippen molar-refractivity contribution in [3.05, 3.63) is 75.9 Å². The maximum Gasteiger partial charge on any atom is 0.289 e. The van der Waals surface area contributed by atoms with Gasteiger partial charge in [0.1, 0.15) is 0 Å². The van der Waals surface area contributed by atoms with E-state index in [1.165, 1.54) is 23.2 Å². The van der Waals surface area contributed by atoms with Crippen molar-refractivity contribution in [3.63, 3.8) is 0 Å². The first-order chi connectivity index (χ1) is 12.2. The van der Waals surface area contributed by atoms with Gasteiger partial charge in [0.2, 0.25) is 0 Å². The van der Waals surface area contributed by atoms with E-state index in [1.807, 2.05) is 29.0 Å². The van der Waals surface area contributed by atoms with Crippen molar-refractivity contribution < 1.29 is 14.0 Å². The Hall–Kier alpha value is -2.86. The number of nitrogens with one attached hydrogen (secondary N) is 1. The Morgan fingerprint density at radius 2 is 2.08 bits per heavy atom. The normalized spacial score (nSPS) is 13.4. The third-order valence-corrected chi connectivity index (χ3v) is 4.96. The summed E-state index contributed by atoms with van der Waals surface area (Å²) in [5, 5.41) is 6.60. The molecule has 0 bridgehead atoms. The molecule has 0 unspecified atom stereocenters. The van der Waals surface area contributed by atoms with Gasteiger partial charge in [-0.1, -0.05) is 6.07 Å². The van der Waals surface area contributed by atoms with Gasteiger partial charge in [-0.3, -0.25) is 9.59 Å².